The van der Waals surface area contributed by atoms with Crippen molar-refractivity contribution in [3.05, 3.63) is 35.9 Å². The molecule has 0 radical (unpaired) electrons. The molecule has 1 N–H and O–H groups in total. The monoisotopic (exact) mass is 350 g/mol. The van der Waals surface area contributed by atoms with Crippen molar-refractivity contribution in [1.82, 2.24) is 4.31 Å². The highest BCUT2D eigenvalue weighted by Gasteiger charge is 2.60. The molecule has 1 aromatic rings. The summed E-state index contributed by atoms with van der Waals surface area (Å²) in [5.41, 5.74) is 1.62. The van der Waals surface area contributed by atoms with Crippen LogP contribution in [0.1, 0.15) is 27.7 Å². The van der Waals surface area contributed by atoms with Crippen LogP contribution in [0.3, 0.4) is 0 Å². The maximum absolute atomic E-state index is 12.6. The maximum Gasteiger partial charge on any atom is 0.242 e. The van der Waals surface area contributed by atoms with Crippen molar-refractivity contribution in [2.45, 2.75) is 32.6 Å². The quantitative estimate of drug-likeness (QED) is 0.830. The second kappa shape index (κ2) is 6.33. The van der Waals surface area contributed by atoms with E-state index in [1.165, 1.54) is 31.8 Å². The Labute approximate surface area is 144 Å². The molecule has 0 aromatic heterocycles. The molecule has 1 aliphatic carbocycles. The number of carbonyl (C=O) groups is 1. The lowest BCUT2D eigenvalue weighted by molar-refractivity contribution is -0.118. The molecule has 132 valence electrons. The van der Waals surface area contributed by atoms with Gasteiger partial charge in [0.15, 0.2) is 0 Å². The lowest BCUT2D eigenvalue weighted by Crippen LogP contribution is -2.22. The Hall–Kier alpha value is -1.66. The molecular weight excluding hydrogens is 324 g/mol. The molecule has 5 nitrogen and oxygen atoms in total. The van der Waals surface area contributed by atoms with Gasteiger partial charge in [0, 0.05) is 19.8 Å². The largest absolute Gasteiger partial charge is 0.326 e. The van der Waals surface area contributed by atoms with E-state index in [9.17, 15) is 13.2 Å². The Kier molecular flexibility index (Phi) is 4.93. The van der Waals surface area contributed by atoms with Crippen LogP contribution in [0.5, 0.6) is 0 Å². The Morgan fingerprint density at radius 1 is 1.25 bits per heavy atom. The summed E-state index contributed by atoms with van der Waals surface area (Å²) >= 11 is 0. The predicted molar refractivity (Wildman–Crippen MR) is 96.1 cm³/mol. The minimum atomic E-state index is -3.52. The molecule has 0 aliphatic heterocycles. The van der Waals surface area contributed by atoms with Gasteiger partial charge in [0.05, 0.1) is 10.8 Å². The molecule has 1 fully saturated rings. The molecule has 0 saturated heterocycles. The second-order valence-electron chi connectivity index (χ2n) is 7.37. The summed E-state index contributed by atoms with van der Waals surface area (Å²) in [6, 6.07) is 6.37. The third-order valence-corrected chi connectivity index (χ3v) is 6.40. The molecule has 0 heterocycles. The smallest absolute Gasteiger partial charge is 0.242 e. The lowest BCUT2D eigenvalue weighted by atomic mass is 10.1. The maximum atomic E-state index is 12.6. The number of hydrogen-bond acceptors (Lipinski definition) is 3. The zero-order valence-corrected chi connectivity index (χ0v) is 15.9. The van der Waals surface area contributed by atoms with Gasteiger partial charge in [-0.15, -0.1) is 0 Å². The number of anilines is 1. The van der Waals surface area contributed by atoms with Crippen molar-refractivity contribution in [3.63, 3.8) is 0 Å². The third-order valence-electron chi connectivity index (χ3n) is 4.59. The fraction of sp³-hybridized carbons (Fsp3) is 0.500. The van der Waals surface area contributed by atoms with E-state index in [2.05, 4.69) is 25.2 Å². The van der Waals surface area contributed by atoms with E-state index < -0.39 is 10.0 Å². The average molecular weight is 350 g/mol. The fourth-order valence-corrected chi connectivity index (χ4v) is 3.96. The second-order valence-corrected chi connectivity index (χ2v) is 9.53. The van der Waals surface area contributed by atoms with Gasteiger partial charge in [0.2, 0.25) is 15.9 Å². The molecule has 1 amide bonds. The van der Waals surface area contributed by atoms with Crippen molar-refractivity contribution in [1.29, 1.82) is 0 Å². The molecule has 1 saturated carbocycles. The summed E-state index contributed by atoms with van der Waals surface area (Å²) in [5, 5.41) is 2.86. The highest BCUT2D eigenvalue weighted by molar-refractivity contribution is 7.89. The molecule has 24 heavy (non-hydrogen) atoms. The number of carbonyl (C=O) groups excluding carboxylic acids is 1. The van der Waals surface area contributed by atoms with E-state index in [1.54, 1.807) is 12.1 Å². The van der Waals surface area contributed by atoms with Crippen LogP contribution in [-0.4, -0.2) is 32.7 Å². The third kappa shape index (κ3) is 3.54. The zero-order chi connectivity index (χ0) is 18.3. The zero-order valence-electron chi connectivity index (χ0n) is 15.1. The van der Waals surface area contributed by atoms with Gasteiger partial charge < -0.3 is 5.32 Å². The normalized spacial score (nSPS) is 22.1. The molecule has 2 rings (SSSR count). The first-order valence-electron chi connectivity index (χ1n) is 7.96. The van der Waals surface area contributed by atoms with Crippen molar-refractivity contribution in [3.8, 4) is 0 Å². The van der Waals surface area contributed by atoms with Crippen LogP contribution in [0.2, 0.25) is 0 Å². The van der Waals surface area contributed by atoms with Gasteiger partial charge in [0.1, 0.15) is 0 Å². The van der Waals surface area contributed by atoms with Crippen LogP contribution in [-0.2, 0) is 14.8 Å². The van der Waals surface area contributed by atoms with Gasteiger partial charge in [0.25, 0.3) is 0 Å². The summed E-state index contributed by atoms with van der Waals surface area (Å²) in [5.74, 6) is 0.0552. The minimum Gasteiger partial charge on any atom is -0.326 e. The van der Waals surface area contributed by atoms with E-state index in [0.717, 1.165) is 4.31 Å². The van der Waals surface area contributed by atoms with Gasteiger partial charge in [-0.25, -0.2) is 12.7 Å². The van der Waals surface area contributed by atoms with Crippen molar-refractivity contribution in [2.24, 2.45) is 17.3 Å². The Morgan fingerprint density at radius 3 is 2.42 bits per heavy atom. The van der Waals surface area contributed by atoms with Crippen LogP contribution in [0.15, 0.2) is 40.8 Å². The topological polar surface area (TPSA) is 66.5 Å². The first-order valence-corrected chi connectivity index (χ1v) is 9.40. The van der Waals surface area contributed by atoms with Gasteiger partial charge in [-0.3, -0.25) is 4.79 Å². The van der Waals surface area contributed by atoms with Crippen LogP contribution >= 0.6 is 0 Å². The minimum absolute atomic E-state index is 0.0677. The first kappa shape index (κ1) is 18.7. The number of benzene rings is 1. The van der Waals surface area contributed by atoms with E-state index in [4.69, 9.17) is 0 Å². The standard InChI is InChI=1S/C18H26N2O3S/c1-12(2)10-15-16(18(15,3)4)17(21)19-13-8-7-9-14(11-13)24(22,23)20(5)6/h7-11,15-16H,1-6H3,(H,19,21)/t15-,16+/m1/s1. The molecule has 6 heteroatoms. The highest BCUT2D eigenvalue weighted by atomic mass is 32.2. The number of nitrogens with one attached hydrogen (secondary N) is 1. The molecule has 1 aliphatic rings. The van der Waals surface area contributed by atoms with Crippen molar-refractivity contribution in [2.75, 3.05) is 19.4 Å². The Bertz CT molecular complexity index is 775. The summed E-state index contributed by atoms with van der Waals surface area (Å²) in [6.45, 7) is 8.21. The van der Waals surface area contributed by atoms with E-state index in [1.807, 2.05) is 13.8 Å². The van der Waals surface area contributed by atoms with Crippen LogP contribution < -0.4 is 5.32 Å². The Morgan fingerprint density at radius 2 is 1.88 bits per heavy atom. The molecule has 0 unspecified atom stereocenters. The number of amides is 1. The first-order chi connectivity index (χ1) is 11.0. The molecule has 0 spiro atoms. The van der Waals surface area contributed by atoms with E-state index in [-0.39, 0.29) is 28.1 Å². The fourth-order valence-electron chi connectivity index (χ4n) is 3.01. The van der Waals surface area contributed by atoms with Crippen LogP contribution in [0, 0.1) is 17.3 Å². The number of rotatable bonds is 5. The average Bonchev–Trinajstić information content (AvgIpc) is 2.99. The Balaban J connectivity index is 2.18. The molecule has 1 aromatic carbocycles. The van der Waals surface area contributed by atoms with Crippen LogP contribution in [0.4, 0.5) is 5.69 Å². The van der Waals surface area contributed by atoms with Crippen molar-refractivity contribution < 1.29 is 13.2 Å². The summed E-state index contributed by atoms with van der Waals surface area (Å²) in [4.78, 5) is 12.7. The SMILES string of the molecule is CC(C)=C[C@@H]1[C@@H](C(=O)Nc2cccc(S(=O)(=O)N(C)C)c2)C1(C)C. The summed E-state index contributed by atoms with van der Waals surface area (Å²) < 4.78 is 25.6. The number of allylic oxidation sites excluding steroid dienone is 2. The van der Waals surface area contributed by atoms with E-state index in [0.29, 0.717) is 5.69 Å². The van der Waals surface area contributed by atoms with Gasteiger partial charge in [-0.2, -0.15) is 0 Å². The predicted octanol–water partition coefficient (Wildman–Crippen LogP) is 3.11. The number of hydrogen-bond donors (Lipinski definition) is 1. The van der Waals surface area contributed by atoms with Crippen LogP contribution in [0.25, 0.3) is 0 Å². The van der Waals surface area contributed by atoms with Crippen molar-refractivity contribution >= 4 is 21.6 Å². The number of sulfonamides is 1. The lowest BCUT2D eigenvalue weighted by Gasteiger charge is -2.13. The van der Waals surface area contributed by atoms with Gasteiger partial charge in [-0.05, 0) is 43.4 Å². The molecule has 2 atom stereocenters. The number of nitrogens with zero attached hydrogens (tertiary/aromatic N) is 1. The molecular formula is C18H26N2O3S. The highest BCUT2D eigenvalue weighted by Crippen LogP contribution is 2.59. The van der Waals surface area contributed by atoms with Gasteiger partial charge in [-0.1, -0.05) is 31.6 Å². The summed E-state index contributed by atoms with van der Waals surface area (Å²) in [7, 11) is -0.550. The van der Waals surface area contributed by atoms with Gasteiger partial charge >= 0.3 is 0 Å². The molecule has 0 bridgehead atoms. The summed E-state index contributed by atoms with van der Waals surface area (Å²) in [6.07, 6.45) is 2.14. The van der Waals surface area contributed by atoms with E-state index >= 15 is 0 Å².